The minimum Gasteiger partial charge on any atom is -0.105 e. The van der Waals surface area contributed by atoms with Gasteiger partial charge in [0, 0.05) is 0 Å². The van der Waals surface area contributed by atoms with E-state index in [0.717, 1.165) is 0 Å². The summed E-state index contributed by atoms with van der Waals surface area (Å²) in [6.07, 6.45) is 6.32. The SMILES string of the molecule is C/C=C\C(=C/C)c1ccccc1P. The molecule has 0 N–H and O–H groups in total. The van der Waals surface area contributed by atoms with E-state index in [2.05, 4.69) is 58.7 Å². The van der Waals surface area contributed by atoms with Crippen molar-refractivity contribution in [3.05, 3.63) is 48.1 Å². The van der Waals surface area contributed by atoms with Crippen molar-refractivity contribution in [3.63, 3.8) is 0 Å². The first-order valence-electron chi connectivity index (χ1n) is 4.43. The third kappa shape index (κ3) is 2.54. The zero-order valence-corrected chi connectivity index (χ0v) is 9.27. The van der Waals surface area contributed by atoms with Crippen molar-refractivity contribution in [1.29, 1.82) is 0 Å². The molecule has 1 atom stereocenters. The minimum atomic E-state index is 1.24. The summed E-state index contributed by atoms with van der Waals surface area (Å²) in [5.41, 5.74) is 2.56. The number of allylic oxidation sites excluding steroid dienone is 4. The predicted molar refractivity (Wildman–Crippen MR) is 64.3 cm³/mol. The normalized spacial score (nSPS) is 12.4. The lowest BCUT2D eigenvalue weighted by molar-refractivity contribution is 1.62. The third-order valence-corrected chi connectivity index (χ3v) is 2.43. The Balaban J connectivity index is 3.13. The van der Waals surface area contributed by atoms with Gasteiger partial charge in [-0.3, -0.25) is 0 Å². The second-order valence-electron chi connectivity index (χ2n) is 2.83. The first-order valence-corrected chi connectivity index (χ1v) is 5.01. The molecule has 0 amide bonds. The third-order valence-electron chi connectivity index (χ3n) is 1.93. The van der Waals surface area contributed by atoms with Crippen LogP contribution in [0.4, 0.5) is 0 Å². The molecule has 1 unspecified atom stereocenters. The highest BCUT2D eigenvalue weighted by atomic mass is 31.0. The Morgan fingerprint density at radius 1 is 1.23 bits per heavy atom. The van der Waals surface area contributed by atoms with E-state index in [9.17, 15) is 0 Å². The van der Waals surface area contributed by atoms with E-state index in [1.807, 2.05) is 6.92 Å². The van der Waals surface area contributed by atoms with Crippen LogP contribution in [0.1, 0.15) is 19.4 Å². The van der Waals surface area contributed by atoms with Crippen molar-refractivity contribution < 1.29 is 0 Å². The molecule has 1 heteroatoms. The monoisotopic (exact) mass is 190 g/mol. The highest BCUT2D eigenvalue weighted by Gasteiger charge is 1.98. The van der Waals surface area contributed by atoms with Gasteiger partial charge in [0.2, 0.25) is 0 Å². The average molecular weight is 190 g/mol. The topological polar surface area (TPSA) is 0 Å². The smallest absolute Gasteiger partial charge is 0.0116 e. The highest BCUT2D eigenvalue weighted by Crippen LogP contribution is 2.15. The quantitative estimate of drug-likeness (QED) is 0.496. The molecule has 1 aromatic rings. The van der Waals surface area contributed by atoms with Gasteiger partial charge in [-0.2, -0.15) is 0 Å². The van der Waals surface area contributed by atoms with Crippen LogP contribution in [0.25, 0.3) is 5.57 Å². The zero-order valence-electron chi connectivity index (χ0n) is 8.12. The van der Waals surface area contributed by atoms with Crippen LogP contribution in [0.3, 0.4) is 0 Å². The lowest BCUT2D eigenvalue weighted by Gasteiger charge is -2.05. The zero-order chi connectivity index (χ0) is 9.68. The van der Waals surface area contributed by atoms with Crippen LogP contribution >= 0.6 is 9.24 Å². The van der Waals surface area contributed by atoms with Gasteiger partial charge in [0.05, 0.1) is 0 Å². The number of hydrogen-bond acceptors (Lipinski definition) is 0. The Morgan fingerprint density at radius 2 is 1.92 bits per heavy atom. The Kier molecular flexibility index (Phi) is 3.92. The molecular formula is C12H15P. The molecule has 0 radical (unpaired) electrons. The summed E-state index contributed by atoms with van der Waals surface area (Å²) in [6, 6.07) is 8.36. The maximum absolute atomic E-state index is 2.76. The maximum atomic E-state index is 2.76. The summed E-state index contributed by atoms with van der Waals surface area (Å²) >= 11 is 0. The molecule has 0 aliphatic heterocycles. The Labute approximate surface area is 82.6 Å². The molecule has 0 spiro atoms. The standard InChI is InChI=1S/C12H15P/c1-3-7-10(4-2)11-8-5-6-9-12(11)13/h3-9H,13H2,1-2H3/b7-3-,10-4+. The molecule has 0 bridgehead atoms. The van der Waals surface area contributed by atoms with E-state index in [1.54, 1.807) is 0 Å². The Hall–Kier alpha value is -0.870. The van der Waals surface area contributed by atoms with Crippen LogP contribution < -0.4 is 5.30 Å². The van der Waals surface area contributed by atoms with Gasteiger partial charge in [-0.05, 0) is 30.3 Å². The lowest BCUT2D eigenvalue weighted by Crippen LogP contribution is -1.98. The summed E-state index contributed by atoms with van der Waals surface area (Å²) in [6.45, 7) is 4.10. The molecule has 13 heavy (non-hydrogen) atoms. The van der Waals surface area contributed by atoms with Crippen molar-refractivity contribution in [1.82, 2.24) is 0 Å². The van der Waals surface area contributed by atoms with Crippen LogP contribution in [0.2, 0.25) is 0 Å². The van der Waals surface area contributed by atoms with Gasteiger partial charge < -0.3 is 0 Å². The van der Waals surface area contributed by atoms with Gasteiger partial charge in [-0.25, -0.2) is 0 Å². The molecule has 0 nitrogen and oxygen atoms in total. The number of benzene rings is 1. The summed E-state index contributed by atoms with van der Waals surface area (Å²) < 4.78 is 0. The Bertz CT molecular complexity index is 335. The largest absolute Gasteiger partial charge is 0.105 e. The molecule has 0 heterocycles. The van der Waals surface area contributed by atoms with Gasteiger partial charge in [-0.15, -0.1) is 9.24 Å². The summed E-state index contributed by atoms with van der Waals surface area (Å²) in [7, 11) is 2.76. The number of rotatable bonds is 2. The van der Waals surface area contributed by atoms with Crippen molar-refractivity contribution in [2.45, 2.75) is 13.8 Å². The first kappa shape index (κ1) is 10.2. The minimum absolute atomic E-state index is 1.24. The molecule has 0 saturated heterocycles. The summed E-state index contributed by atoms with van der Waals surface area (Å²) in [5, 5.41) is 1.24. The van der Waals surface area contributed by atoms with E-state index in [-0.39, 0.29) is 0 Å². The molecule has 1 aromatic carbocycles. The first-order chi connectivity index (χ1) is 6.29. The molecule has 68 valence electrons. The van der Waals surface area contributed by atoms with Crippen molar-refractivity contribution in [2.24, 2.45) is 0 Å². The maximum Gasteiger partial charge on any atom is -0.0116 e. The molecule has 1 rings (SSSR count). The average Bonchev–Trinajstić information content (AvgIpc) is 2.16. The van der Waals surface area contributed by atoms with Gasteiger partial charge in [0.1, 0.15) is 0 Å². The molecule has 0 aliphatic rings. The van der Waals surface area contributed by atoms with E-state index < -0.39 is 0 Å². The van der Waals surface area contributed by atoms with Gasteiger partial charge >= 0.3 is 0 Å². The van der Waals surface area contributed by atoms with Crippen LogP contribution in [0, 0.1) is 0 Å². The fourth-order valence-corrected chi connectivity index (χ4v) is 1.65. The van der Waals surface area contributed by atoms with Crippen molar-refractivity contribution in [3.8, 4) is 0 Å². The lowest BCUT2D eigenvalue weighted by atomic mass is 10.1. The molecule has 0 saturated carbocycles. The fourth-order valence-electron chi connectivity index (χ4n) is 1.28. The molecule has 0 aliphatic carbocycles. The van der Waals surface area contributed by atoms with Gasteiger partial charge in [-0.1, -0.05) is 42.5 Å². The Morgan fingerprint density at radius 3 is 2.46 bits per heavy atom. The van der Waals surface area contributed by atoms with Crippen molar-refractivity contribution in [2.75, 3.05) is 0 Å². The van der Waals surface area contributed by atoms with E-state index in [1.165, 1.54) is 16.4 Å². The molecule has 0 aromatic heterocycles. The number of hydrogen-bond donors (Lipinski definition) is 0. The molecule has 0 fully saturated rings. The summed E-state index contributed by atoms with van der Waals surface area (Å²) in [4.78, 5) is 0. The van der Waals surface area contributed by atoms with Crippen LogP contribution in [-0.2, 0) is 0 Å². The van der Waals surface area contributed by atoms with Gasteiger partial charge in [0.15, 0.2) is 0 Å². The predicted octanol–water partition coefficient (Wildman–Crippen LogP) is 3.17. The fraction of sp³-hybridized carbons (Fsp3) is 0.167. The van der Waals surface area contributed by atoms with Crippen LogP contribution in [0.5, 0.6) is 0 Å². The van der Waals surface area contributed by atoms with Crippen LogP contribution in [0.15, 0.2) is 42.5 Å². The summed E-state index contributed by atoms with van der Waals surface area (Å²) in [5.74, 6) is 0. The van der Waals surface area contributed by atoms with Crippen LogP contribution in [-0.4, -0.2) is 0 Å². The second-order valence-corrected chi connectivity index (χ2v) is 3.45. The highest BCUT2D eigenvalue weighted by molar-refractivity contribution is 7.27. The molecular weight excluding hydrogens is 175 g/mol. The van der Waals surface area contributed by atoms with E-state index in [4.69, 9.17) is 0 Å². The van der Waals surface area contributed by atoms with Gasteiger partial charge in [0.25, 0.3) is 0 Å². The van der Waals surface area contributed by atoms with Crippen molar-refractivity contribution >= 4 is 20.1 Å². The second kappa shape index (κ2) is 4.99. The van der Waals surface area contributed by atoms with E-state index in [0.29, 0.717) is 0 Å². The van der Waals surface area contributed by atoms with E-state index >= 15 is 0 Å².